The van der Waals surface area contributed by atoms with Gasteiger partial charge in [-0.25, -0.2) is 0 Å². The first-order chi connectivity index (χ1) is 9.60. The number of rotatable bonds is 7. The molecule has 1 aliphatic rings. The van der Waals surface area contributed by atoms with Gasteiger partial charge in [0.05, 0.1) is 10.7 Å². The van der Waals surface area contributed by atoms with Crippen LogP contribution in [0.5, 0.6) is 0 Å². The third kappa shape index (κ3) is 4.03. The molecule has 0 aliphatic heterocycles. The Morgan fingerprint density at radius 2 is 2.25 bits per heavy atom. The minimum atomic E-state index is 0.458. The van der Waals surface area contributed by atoms with Crippen molar-refractivity contribution in [3.63, 3.8) is 0 Å². The van der Waals surface area contributed by atoms with Gasteiger partial charge in [-0.05, 0) is 32.3 Å². The van der Waals surface area contributed by atoms with Gasteiger partial charge in [0.1, 0.15) is 0 Å². The van der Waals surface area contributed by atoms with Gasteiger partial charge in [0.25, 0.3) is 0 Å². The number of nitrogens with two attached hydrogens (primary N) is 1. The lowest BCUT2D eigenvalue weighted by Crippen LogP contribution is -2.39. The smallest absolute Gasteiger partial charge is 0.0870 e. The molecule has 112 valence electrons. The summed E-state index contributed by atoms with van der Waals surface area (Å²) in [6, 6.07) is 3.19. The fourth-order valence-electron chi connectivity index (χ4n) is 2.89. The van der Waals surface area contributed by atoms with Crippen LogP contribution in [0.1, 0.15) is 57.7 Å². The molecular formula is C15H26N4S. The molecule has 1 unspecified atom stereocenters. The van der Waals surface area contributed by atoms with Gasteiger partial charge in [-0.3, -0.25) is 9.58 Å². The fraction of sp³-hybridized carbons (Fsp3) is 0.733. The Bertz CT molecular complexity index is 437. The molecule has 20 heavy (non-hydrogen) atoms. The Morgan fingerprint density at radius 3 is 2.85 bits per heavy atom. The lowest BCUT2D eigenvalue weighted by atomic mass is 10.2. The van der Waals surface area contributed by atoms with Crippen LogP contribution in [0.2, 0.25) is 0 Å². The van der Waals surface area contributed by atoms with Gasteiger partial charge >= 0.3 is 0 Å². The first-order valence-corrected chi connectivity index (χ1v) is 8.07. The maximum Gasteiger partial charge on any atom is 0.0870 e. The topological polar surface area (TPSA) is 47.1 Å². The summed E-state index contributed by atoms with van der Waals surface area (Å²) < 4.78 is 2.06. The second-order valence-corrected chi connectivity index (χ2v) is 6.38. The van der Waals surface area contributed by atoms with Crippen molar-refractivity contribution in [1.82, 2.24) is 14.7 Å². The molecule has 0 saturated heterocycles. The van der Waals surface area contributed by atoms with Crippen molar-refractivity contribution in [2.24, 2.45) is 5.73 Å². The zero-order chi connectivity index (χ0) is 14.5. The lowest BCUT2D eigenvalue weighted by Gasteiger charge is -2.27. The Kier molecular flexibility index (Phi) is 5.54. The first kappa shape index (κ1) is 15.4. The van der Waals surface area contributed by atoms with Crippen LogP contribution in [0.4, 0.5) is 0 Å². The third-order valence-corrected chi connectivity index (χ3v) is 4.40. The van der Waals surface area contributed by atoms with Crippen LogP contribution in [0.3, 0.4) is 0 Å². The van der Waals surface area contributed by atoms with Gasteiger partial charge in [-0.2, -0.15) is 5.10 Å². The van der Waals surface area contributed by atoms with Crippen LogP contribution in [0, 0.1) is 0 Å². The SMILES string of the molecule is CCC(C)n1ccc(CN(CC(N)=S)C2CCCC2)n1. The van der Waals surface area contributed by atoms with Gasteiger partial charge in [-0.15, -0.1) is 0 Å². The molecule has 0 amide bonds. The fourth-order valence-corrected chi connectivity index (χ4v) is 3.05. The summed E-state index contributed by atoms with van der Waals surface area (Å²) in [7, 11) is 0. The van der Waals surface area contributed by atoms with E-state index in [4.69, 9.17) is 23.1 Å². The summed E-state index contributed by atoms with van der Waals surface area (Å²) in [5, 5.41) is 4.69. The zero-order valence-electron chi connectivity index (χ0n) is 12.6. The Morgan fingerprint density at radius 1 is 1.55 bits per heavy atom. The summed E-state index contributed by atoms with van der Waals surface area (Å²) in [5.41, 5.74) is 6.87. The predicted octanol–water partition coefficient (Wildman–Crippen LogP) is 2.88. The summed E-state index contributed by atoms with van der Waals surface area (Å²) in [6.07, 6.45) is 8.33. The molecule has 0 aromatic carbocycles. The average Bonchev–Trinajstić information content (AvgIpc) is 3.07. The van der Waals surface area contributed by atoms with E-state index in [-0.39, 0.29) is 0 Å². The summed E-state index contributed by atoms with van der Waals surface area (Å²) in [4.78, 5) is 2.98. The molecule has 1 heterocycles. The highest BCUT2D eigenvalue weighted by Crippen LogP contribution is 2.24. The third-order valence-electron chi connectivity index (χ3n) is 4.27. The monoisotopic (exact) mass is 294 g/mol. The number of hydrogen-bond donors (Lipinski definition) is 1. The van der Waals surface area contributed by atoms with E-state index < -0.39 is 0 Å². The van der Waals surface area contributed by atoms with Crippen molar-refractivity contribution in [3.8, 4) is 0 Å². The lowest BCUT2D eigenvalue weighted by molar-refractivity contribution is 0.215. The Labute approximate surface area is 127 Å². The summed E-state index contributed by atoms with van der Waals surface area (Å²) in [6.45, 7) is 5.94. The largest absolute Gasteiger partial charge is 0.392 e. The van der Waals surface area contributed by atoms with E-state index in [9.17, 15) is 0 Å². The maximum atomic E-state index is 5.75. The number of nitrogens with zero attached hydrogens (tertiary/aromatic N) is 3. The molecule has 0 radical (unpaired) electrons. The van der Waals surface area contributed by atoms with Crippen molar-refractivity contribution in [3.05, 3.63) is 18.0 Å². The minimum absolute atomic E-state index is 0.458. The van der Waals surface area contributed by atoms with Crippen molar-refractivity contribution < 1.29 is 0 Å². The van der Waals surface area contributed by atoms with E-state index in [1.165, 1.54) is 25.7 Å². The number of thiocarbonyl (C=S) groups is 1. The highest BCUT2D eigenvalue weighted by atomic mass is 32.1. The number of hydrogen-bond acceptors (Lipinski definition) is 3. The Hall–Kier alpha value is -0.940. The molecule has 1 fully saturated rings. The van der Waals surface area contributed by atoms with Gasteiger partial charge in [0.2, 0.25) is 0 Å². The summed E-state index contributed by atoms with van der Waals surface area (Å²) >= 11 is 5.10. The van der Waals surface area contributed by atoms with Crippen molar-refractivity contribution in [2.45, 2.75) is 64.6 Å². The van der Waals surface area contributed by atoms with E-state index in [0.29, 0.717) is 23.6 Å². The van der Waals surface area contributed by atoms with Gasteiger partial charge in [0.15, 0.2) is 0 Å². The molecule has 2 N–H and O–H groups in total. The van der Waals surface area contributed by atoms with Gasteiger partial charge in [0, 0.05) is 31.4 Å². The molecule has 2 rings (SSSR count). The maximum absolute atomic E-state index is 5.75. The predicted molar refractivity (Wildman–Crippen MR) is 86.7 cm³/mol. The van der Waals surface area contributed by atoms with Crippen LogP contribution in [-0.2, 0) is 6.54 Å². The molecule has 1 saturated carbocycles. The molecule has 1 aromatic rings. The number of aromatic nitrogens is 2. The van der Waals surface area contributed by atoms with E-state index >= 15 is 0 Å². The van der Waals surface area contributed by atoms with Gasteiger partial charge in [-0.1, -0.05) is 32.0 Å². The highest BCUT2D eigenvalue weighted by Gasteiger charge is 2.23. The molecule has 4 nitrogen and oxygen atoms in total. The molecular weight excluding hydrogens is 268 g/mol. The van der Waals surface area contributed by atoms with Crippen LogP contribution < -0.4 is 5.73 Å². The standard InChI is InChI=1S/C15H26N4S/c1-3-12(2)19-9-8-13(17-19)10-18(11-15(16)20)14-6-4-5-7-14/h8-9,12,14H,3-7,10-11H2,1-2H3,(H2,16,20). The van der Waals surface area contributed by atoms with Crippen molar-refractivity contribution in [1.29, 1.82) is 0 Å². The summed E-state index contributed by atoms with van der Waals surface area (Å²) in [5.74, 6) is 0. The Balaban J connectivity index is 2.02. The highest BCUT2D eigenvalue weighted by molar-refractivity contribution is 7.80. The van der Waals surface area contributed by atoms with Crippen LogP contribution in [0.25, 0.3) is 0 Å². The van der Waals surface area contributed by atoms with Crippen molar-refractivity contribution in [2.75, 3.05) is 6.54 Å². The molecule has 1 atom stereocenters. The van der Waals surface area contributed by atoms with Crippen LogP contribution in [-0.4, -0.2) is 32.3 Å². The zero-order valence-corrected chi connectivity index (χ0v) is 13.4. The first-order valence-electron chi connectivity index (χ1n) is 7.66. The molecule has 0 spiro atoms. The van der Waals surface area contributed by atoms with Gasteiger partial charge < -0.3 is 5.73 Å². The second-order valence-electron chi connectivity index (χ2n) is 5.85. The average molecular weight is 294 g/mol. The van der Waals surface area contributed by atoms with Crippen molar-refractivity contribution >= 4 is 17.2 Å². The minimum Gasteiger partial charge on any atom is -0.392 e. The normalized spacial score (nSPS) is 17.8. The van der Waals surface area contributed by atoms with Crippen LogP contribution in [0.15, 0.2) is 12.3 Å². The van der Waals surface area contributed by atoms with E-state index in [0.717, 1.165) is 18.7 Å². The molecule has 0 bridgehead atoms. The van der Waals surface area contributed by atoms with E-state index in [1.54, 1.807) is 0 Å². The van der Waals surface area contributed by atoms with E-state index in [2.05, 4.69) is 35.7 Å². The second kappa shape index (κ2) is 7.18. The molecule has 1 aliphatic carbocycles. The quantitative estimate of drug-likeness (QED) is 0.786. The molecule has 1 aromatic heterocycles. The van der Waals surface area contributed by atoms with E-state index in [1.807, 2.05) is 0 Å². The van der Waals surface area contributed by atoms with Crippen LogP contribution >= 0.6 is 12.2 Å². The molecule has 5 heteroatoms.